The van der Waals surface area contributed by atoms with E-state index >= 15 is 0 Å². The van der Waals surface area contributed by atoms with Crippen LogP contribution < -0.4 is 4.74 Å². The van der Waals surface area contributed by atoms with Crippen molar-refractivity contribution in [3.05, 3.63) is 65.2 Å². The van der Waals surface area contributed by atoms with Gasteiger partial charge in [-0.05, 0) is 29.5 Å². The van der Waals surface area contributed by atoms with Crippen LogP contribution in [0, 0.1) is 0 Å². The normalized spacial score (nSPS) is 21.4. The number of hydrogen-bond acceptors (Lipinski definition) is 2. The monoisotopic (exact) mass is 362 g/mol. The smallest absolute Gasteiger partial charge is 0.123 e. The van der Waals surface area contributed by atoms with Crippen molar-refractivity contribution in [3.63, 3.8) is 0 Å². The maximum absolute atomic E-state index is 5.61. The van der Waals surface area contributed by atoms with Crippen LogP contribution in [0.1, 0.15) is 27.9 Å². The van der Waals surface area contributed by atoms with Crippen LogP contribution in [-0.4, -0.2) is 18.2 Å². The number of rotatable bonds is 3. The van der Waals surface area contributed by atoms with Crippen molar-refractivity contribution in [1.82, 2.24) is 0 Å². The van der Waals surface area contributed by atoms with Crippen molar-refractivity contribution in [1.29, 1.82) is 0 Å². The van der Waals surface area contributed by atoms with Crippen LogP contribution in [0.2, 0.25) is 0 Å². The van der Waals surface area contributed by atoms with E-state index in [-0.39, 0.29) is 0 Å². The van der Waals surface area contributed by atoms with E-state index in [1.54, 1.807) is 7.11 Å². The maximum Gasteiger partial charge on any atom is 0.123 e. The Hall–Kier alpha value is -0.930. The minimum absolute atomic E-state index is 0.463. The fourth-order valence-corrected chi connectivity index (χ4v) is 5.19. The number of benzene rings is 2. The van der Waals surface area contributed by atoms with Crippen molar-refractivity contribution < 1.29 is 4.74 Å². The van der Waals surface area contributed by atoms with E-state index in [1.165, 1.54) is 16.7 Å². The quantitative estimate of drug-likeness (QED) is 0.693. The number of halogens is 1. The lowest BCUT2D eigenvalue weighted by atomic mass is 9.90. The first kappa shape index (κ1) is 15.0. The first-order valence-electron chi connectivity index (χ1n) is 7.21. The molecular formula is C18H19BrOS. The second kappa shape index (κ2) is 6.89. The van der Waals surface area contributed by atoms with E-state index in [2.05, 4.69) is 64.5 Å². The molecule has 0 radical (unpaired) electrons. The van der Waals surface area contributed by atoms with Gasteiger partial charge in [0.15, 0.2) is 0 Å². The zero-order valence-corrected chi connectivity index (χ0v) is 14.5. The second-order valence-electron chi connectivity index (χ2n) is 5.32. The summed E-state index contributed by atoms with van der Waals surface area (Å²) in [5.74, 6) is 2.75. The molecule has 1 aliphatic heterocycles. The average Bonchev–Trinajstić information content (AvgIpc) is 2.74. The maximum atomic E-state index is 5.61. The second-order valence-corrected chi connectivity index (χ2v) is 7.20. The highest BCUT2D eigenvalue weighted by molar-refractivity contribution is 9.09. The Balaban J connectivity index is 2.00. The number of fused-ring (bicyclic) bond motifs is 1. The molecule has 1 nitrogen and oxygen atoms in total. The Morgan fingerprint density at radius 1 is 1.14 bits per heavy atom. The number of thioether (sulfide) groups is 1. The molecular weight excluding hydrogens is 344 g/mol. The van der Waals surface area contributed by atoms with E-state index in [0.717, 1.165) is 23.3 Å². The van der Waals surface area contributed by atoms with Crippen molar-refractivity contribution in [2.75, 3.05) is 18.2 Å². The Bertz CT molecular complexity index is 599. The third kappa shape index (κ3) is 3.14. The van der Waals surface area contributed by atoms with Gasteiger partial charge in [0.1, 0.15) is 5.75 Å². The molecule has 1 heterocycles. The van der Waals surface area contributed by atoms with Gasteiger partial charge in [0.2, 0.25) is 0 Å². The average molecular weight is 363 g/mol. The molecule has 0 spiro atoms. The Morgan fingerprint density at radius 2 is 1.95 bits per heavy atom. The van der Waals surface area contributed by atoms with Gasteiger partial charge >= 0.3 is 0 Å². The third-order valence-electron chi connectivity index (χ3n) is 4.07. The van der Waals surface area contributed by atoms with Gasteiger partial charge < -0.3 is 4.74 Å². The van der Waals surface area contributed by atoms with Gasteiger partial charge in [0.25, 0.3) is 0 Å². The van der Waals surface area contributed by atoms with Crippen LogP contribution in [0.3, 0.4) is 0 Å². The van der Waals surface area contributed by atoms with Crippen LogP contribution in [0.4, 0.5) is 0 Å². The van der Waals surface area contributed by atoms with Gasteiger partial charge in [0, 0.05) is 21.9 Å². The molecule has 0 bridgehead atoms. The van der Waals surface area contributed by atoms with Crippen LogP contribution in [0.5, 0.6) is 5.75 Å². The number of methoxy groups -OCH3 is 1. The number of alkyl halides is 1. The molecule has 0 saturated heterocycles. The molecule has 2 aromatic rings. The molecule has 0 saturated carbocycles. The molecule has 0 aliphatic carbocycles. The van der Waals surface area contributed by atoms with Crippen molar-refractivity contribution >= 4 is 27.7 Å². The lowest BCUT2D eigenvalue weighted by Crippen LogP contribution is -2.05. The Labute approximate surface area is 139 Å². The molecule has 110 valence electrons. The zero-order chi connectivity index (χ0) is 14.7. The molecule has 1 aliphatic rings. The van der Waals surface area contributed by atoms with E-state index in [0.29, 0.717) is 11.2 Å². The minimum atomic E-state index is 0.463. The summed E-state index contributed by atoms with van der Waals surface area (Å²) >= 11 is 5.71. The predicted molar refractivity (Wildman–Crippen MR) is 94.9 cm³/mol. The summed E-state index contributed by atoms with van der Waals surface area (Å²) in [4.78, 5) is 0. The van der Waals surface area contributed by atoms with Gasteiger partial charge in [-0.2, -0.15) is 11.8 Å². The van der Waals surface area contributed by atoms with E-state index < -0.39 is 0 Å². The van der Waals surface area contributed by atoms with Crippen molar-refractivity contribution in [3.8, 4) is 5.75 Å². The first-order chi connectivity index (χ1) is 10.3. The number of hydrogen-bond donors (Lipinski definition) is 0. The molecule has 0 fully saturated rings. The summed E-state index contributed by atoms with van der Waals surface area (Å²) in [7, 11) is 1.77. The van der Waals surface area contributed by atoms with Gasteiger partial charge in [0.05, 0.1) is 7.11 Å². The molecule has 2 unspecified atom stereocenters. The summed E-state index contributed by atoms with van der Waals surface area (Å²) in [6.07, 6.45) is 1.09. The summed E-state index contributed by atoms with van der Waals surface area (Å²) in [6, 6.07) is 17.3. The van der Waals surface area contributed by atoms with E-state index in [1.807, 2.05) is 11.8 Å². The Kier molecular flexibility index (Phi) is 4.91. The molecule has 3 heteroatoms. The van der Waals surface area contributed by atoms with Gasteiger partial charge in [-0.1, -0.05) is 58.4 Å². The van der Waals surface area contributed by atoms with Crippen LogP contribution >= 0.6 is 27.7 Å². The van der Waals surface area contributed by atoms with E-state index in [9.17, 15) is 0 Å². The molecule has 0 aromatic heterocycles. The standard InChI is InChI=1S/C18H19BrOS/c1-20-16-9-5-8-14-10-15(13-6-3-2-4-7-13)12-21-17(11-19)18(14)16/h2-9,15,17H,10-12H2,1H3. The summed E-state index contributed by atoms with van der Waals surface area (Å²) in [5.41, 5.74) is 4.24. The lowest BCUT2D eigenvalue weighted by molar-refractivity contribution is 0.409. The molecule has 3 rings (SSSR count). The molecule has 21 heavy (non-hydrogen) atoms. The third-order valence-corrected chi connectivity index (χ3v) is 6.55. The van der Waals surface area contributed by atoms with Crippen LogP contribution in [0.15, 0.2) is 48.5 Å². The van der Waals surface area contributed by atoms with Crippen molar-refractivity contribution in [2.24, 2.45) is 0 Å². The Morgan fingerprint density at radius 3 is 2.67 bits per heavy atom. The van der Waals surface area contributed by atoms with Gasteiger partial charge in [-0.15, -0.1) is 0 Å². The zero-order valence-electron chi connectivity index (χ0n) is 12.1. The molecule has 2 atom stereocenters. The molecule has 2 aromatic carbocycles. The highest BCUT2D eigenvalue weighted by atomic mass is 79.9. The summed E-state index contributed by atoms with van der Waals surface area (Å²) in [5, 5.41) is 1.43. The predicted octanol–water partition coefficient (Wildman–Crippen LogP) is 5.20. The number of ether oxygens (including phenoxy) is 1. The van der Waals surface area contributed by atoms with Crippen LogP contribution in [-0.2, 0) is 6.42 Å². The largest absolute Gasteiger partial charge is 0.496 e. The van der Waals surface area contributed by atoms with Crippen molar-refractivity contribution in [2.45, 2.75) is 17.6 Å². The lowest BCUT2D eigenvalue weighted by Gasteiger charge is -2.17. The van der Waals surface area contributed by atoms with Crippen LogP contribution in [0.25, 0.3) is 0 Å². The highest BCUT2D eigenvalue weighted by Crippen LogP contribution is 2.45. The SMILES string of the molecule is COc1cccc2c1C(CBr)SCC(c1ccccc1)C2. The fraction of sp³-hybridized carbons (Fsp3) is 0.333. The highest BCUT2D eigenvalue weighted by Gasteiger charge is 2.27. The summed E-state index contributed by atoms with van der Waals surface area (Å²) < 4.78 is 5.61. The fourth-order valence-electron chi connectivity index (χ4n) is 3.01. The molecule has 0 amide bonds. The van der Waals surface area contributed by atoms with Gasteiger partial charge in [-0.3, -0.25) is 0 Å². The minimum Gasteiger partial charge on any atom is -0.496 e. The van der Waals surface area contributed by atoms with E-state index in [4.69, 9.17) is 4.74 Å². The topological polar surface area (TPSA) is 9.23 Å². The first-order valence-corrected chi connectivity index (χ1v) is 9.38. The van der Waals surface area contributed by atoms with Gasteiger partial charge in [-0.25, -0.2) is 0 Å². The summed E-state index contributed by atoms with van der Waals surface area (Å²) in [6.45, 7) is 0. The molecule has 0 N–H and O–H groups in total.